The molecule has 0 spiro atoms. The van der Waals surface area contributed by atoms with Crippen LogP contribution < -0.4 is 0 Å². The summed E-state index contributed by atoms with van der Waals surface area (Å²) < 4.78 is 0. The Morgan fingerprint density at radius 2 is 2.14 bits per heavy atom. The highest BCUT2D eigenvalue weighted by Crippen LogP contribution is 2.49. The van der Waals surface area contributed by atoms with Gasteiger partial charge in [0.15, 0.2) is 5.78 Å². The van der Waals surface area contributed by atoms with E-state index in [0.29, 0.717) is 5.92 Å². The number of carbonyl (C=O) groups is 1. The van der Waals surface area contributed by atoms with Crippen molar-refractivity contribution in [1.29, 1.82) is 0 Å². The molecule has 3 atom stereocenters. The molecule has 0 aromatic heterocycles. The number of Topliss-reactive ketones (excluding diaryl/α,β-unsaturated/α-hetero) is 1. The highest BCUT2D eigenvalue weighted by molar-refractivity contribution is 6.03. The number of likely N-dealkylation sites (tertiary alicyclic amines) is 1. The first-order valence-corrected chi connectivity index (χ1v) is 8.12. The van der Waals surface area contributed by atoms with Crippen LogP contribution in [0.3, 0.4) is 0 Å². The summed E-state index contributed by atoms with van der Waals surface area (Å²) in [5.74, 6) is 1.66. The van der Waals surface area contributed by atoms with Gasteiger partial charge in [-0.3, -0.25) is 9.69 Å². The Kier molecular flexibility index (Phi) is 2.74. The highest BCUT2D eigenvalue weighted by atomic mass is 16.3. The van der Waals surface area contributed by atoms with E-state index in [1.54, 1.807) is 6.07 Å². The van der Waals surface area contributed by atoms with E-state index in [1.165, 1.54) is 12.8 Å². The quantitative estimate of drug-likeness (QED) is 0.908. The zero-order valence-electron chi connectivity index (χ0n) is 12.8. The molecule has 1 heterocycles. The molecule has 2 unspecified atom stereocenters. The minimum Gasteiger partial charge on any atom is -0.508 e. The zero-order valence-corrected chi connectivity index (χ0v) is 12.8. The monoisotopic (exact) mass is 285 g/mol. The van der Waals surface area contributed by atoms with Crippen LogP contribution in [0, 0.1) is 11.8 Å². The lowest BCUT2D eigenvalue weighted by atomic mass is 9.58. The van der Waals surface area contributed by atoms with Crippen molar-refractivity contribution in [1.82, 2.24) is 4.90 Å². The van der Waals surface area contributed by atoms with Gasteiger partial charge in [-0.2, -0.15) is 0 Å². The van der Waals surface area contributed by atoms with Gasteiger partial charge in [-0.15, -0.1) is 0 Å². The van der Waals surface area contributed by atoms with Crippen molar-refractivity contribution in [3.8, 4) is 5.75 Å². The summed E-state index contributed by atoms with van der Waals surface area (Å²) in [6, 6.07) is 5.32. The minimum absolute atomic E-state index is 0.00665. The van der Waals surface area contributed by atoms with E-state index in [0.717, 1.165) is 36.6 Å². The van der Waals surface area contributed by atoms with Gasteiger partial charge in [0.05, 0.1) is 6.04 Å². The van der Waals surface area contributed by atoms with Crippen LogP contribution in [0.25, 0.3) is 0 Å². The zero-order chi connectivity index (χ0) is 14.8. The number of nitrogens with zero attached hydrogens (tertiary/aromatic N) is 1. The van der Waals surface area contributed by atoms with Crippen molar-refractivity contribution >= 4 is 5.78 Å². The number of benzene rings is 1. The number of hydrogen-bond donors (Lipinski definition) is 1. The molecule has 1 aliphatic heterocycles. The van der Waals surface area contributed by atoms with Crippen molar-refractivity contribution in [3.63, 3.8) is 0 Å². The number of piperidine rings is 1. The fourth-order valence-electron chi connectivity index (χ4n) is 4.40. The van der Waals surface area contributed by atoms with E-state index < -0.39 is 0 Å². The fourth-order valence-corrected chi connectivity index (χ4v) is 4.40. The second-order valence-electron chi connectivity index (χ2n) is 7.43. The average Bonchev–Trinajstić information content (AvgIpc) is 3.25. The third-order valence-corrected chi connectivity index (χ3v) is 6.13. The Morgan fingerprint density at radius 3 is 2.86 bits per heavy atom. The molecule has 2 aliphatic carbocycles. The normalized spacial score (nSPS) is 35.6. The molecular formula is C18H23NO2. The maximum absolute atomic E-state index is 13.0. The molecule has 112 valence electrons. The Bertz CT molecular complexity index is 607. The van der Waals surface area contributed by atoms with Crippen molar-refractivity contribution in [2.75, 3.05) is 13.1 Å². The van der Waals surface area contributed by atoms with Crippen LogP contribution in [0.15, 0.2) is 18.2 Å². The van der Waals surface area contributed by atoms with Crippen LogP contribution in [0.1, 0.15) is 49.0 Å². The second kappa shape index (κ2) is 4.33. The Morgan fingerprint density at radius 1 is 1.38 bits per heavy atom. The summed E-state index contributed by atoms with van der Waals surface area (Å²) >= 11 is 0. The lowest BCUT2D eigenvalue weighted by molar-refractivity contribution is 0.0265. The number of phenolic OH excluding ortho intramolecular Hbond substituents is 1. The van der Waals surface area contributed by atoms with E-state index in [-0.39, 0.29) is 23.0 Å². The van der Waals surface area contributed by atoms with Gasteiger partial charge in [-0.1, -0.05) is 13.8 Å². The van der Waals surface area contributed by atoms with E-state index >= 15 is 0 Å². The van der Waals surface area contributed by atoms with Crippen LogP contribution >= 0.6 is 0 Å². The molecule has 1 saturated heterocycles. The molecule has 1 aromatic carbocycles. The van der Waals surface area contributed by atoms with Gasteiger partial charge >= 0.3 is 0 Å². The smallest absolute Gasteiger partial charge is 0.180 e. The van der Waals surface area contributed by atoms with Crippen LogP contribution in [0.4, 0.5) is 0 Å². The molecule has 2 bridgehead atoms. The summed E-state index contributed by atoms with van der Waals surface area (Å²) in [6.07, 6.45) is 3.72. The Hall–Kier alpha value is -1.35. The molecule has 3 nitrogen and oxygen atoms in total. The van der Waals surface area contributed by atoms with Crippen molar-refractivity contribution in [2.45, 2.75) is 44.6 Å². The molecule has 1 saturated carbocycles. The second-order valence-corrected chi connectivity index (χ2v) is 7.43. The first-order valence-electron chi connectivity index (χ1n) is 8.12. The number of fused-ring (bicyclic) bond motifs is 4. The number of phenols is 1. The van der Waals surface area contributed by atoms with E-state index in [2.05, 4.69) is 18.7 Å². The van der Waals surface area contributed by atoms with E-state index in [4.69, 9.17) is 0 Å². The predicted molar refractivity (Wildman–Crippen MR) is 81.7 cm³/mol. The van der Waals surface area contributed by atoms with Gasteiger partial charge in [0, 0.05) is 12.1 Å². The SMILES string of the molecule is C[C@H]1C2C(=O)c3ccc(O)cc3C1(C)CCN2CC1CC1. The fraction of sp³-hybridized carbons (Fsp3) is 0.611. The standard InChI is InChI=1S/C18H23NO2/c1-11-16-17(21)14-6-5-13(20)9-15(14)18(11,2)7-8-19(16)10-12-3-4-12/h5-6,9,11-12,16,20H,3-4,7-8,10H2,1-2H3/t11-,16?,18?/m0/s1. The van der Waals surface area contributed by atoms with Crippen molar-refractivity contribution in [2.24, 2.45) is 11.8 Å². The van der Waals surface area contributed by atoms with Crippen LogP contribution in [-0.2, 0) is 5.41 Å². The molecule has 21 heavy (non-hydrogen) atoms. The Balaban J connectivity index is 1.79. The summed E-state index contributed by atoms with van der Waals surface area (Å²) in [7, 11) is 0. The lowest BCUT2D eigenvalue weighted by Crippen LogP contribution is -2.61. The van der Waals surface area contributed by atoms with Crippen molar-refractivity contribution in [3.05, 3.63) is 29.3 Å². The highest BCUT2D eigenvalue weighted by Gasteiger charge is 2.52. The molecular weight excluding hydrogens is 262 g/mol. The molecule has 2 fully saturated rings. The third-order valence-electron chi connectivity index (χ3n) is 6.13. The molecule has 3 aliphatic rings. The summed E-state index contributed by atoms with van der Waals surface area (Å²) in [5.41, 5.74) is 1.90. The van der Waals surface area contributed by atoms with Gasteiger partial charge < -0.3 is 5.11 Å². The largest absolute Gasteiger partial charge is 0.508 e. The van der Waals surface area contributed by atoms with E-state index in [1.807, 2.05) is 12.1 Å². The lowest BCUT2D eigenvalue weighted by Gasteiger charge is -2.53. The van der Waals surface area contributed by atoms with Gasteiger partial charge in [-0.05, 0) is 66.8 Å². The first kappa shape index (κ1) is 13.3. The number of aromatic hydroxyl groups is 1. The average molecular weight is 285 g/mol. The number of ketones is 1. The molecule has 4 rings (SSSR count). The summed E-state index contributed by atoms with van der Waals surface area (Å²) in [6.45, 7) is 6.57. The molecule has 1 aromatic rings. The predicted octanol–water partition coefficient (Wildman–Crippen LogP) is 2.97. The van der Waals surface area contributed by atoms with Gasteiger partial charge in [0.25, 0.3) is 0 Å². The molecule has 0 amide bonds. The minimum atomic E-state index is 0.00665. The van der Waals surface area contributed by atoms with E-state index in [9.17, 15) is 9.90 Å². The van der Waals surface area contributed by atoms with Gasteiger partial charge in [0.2, 0.25) is 0 Å². The molecule has 3 heteroatoms. The molecule has 1 N–H and O–H groups in total. The maximum Gasteiger partial charge on any atom is 0.180 e. The van der Waals surface area contributed by atoms with Crippen LogP contribution in [0.5, 0.6) is 5.75 Å². The van der Waals surface area contributed by atoms with Gasteiger partial charge in [0.1, 0.15) is 5.75 Å². The summed E-state index contributed by atoms with van der Waals surface area (Å²) in [4.78, 5) is 15.4. The van der Waals surface area contributed by atoms with Crippen LogP contribution in [-0.4, -0.2) is 34.9 Å². The maximum atomic E-state index is 13.0. The van der Waals surface area contributed by atoms with Crippen molar-refractivity contribution < 1.29 is 9.90 Å². The van der Waals surface area contributed by atoms with Gasteiger partial charge in [-0.25, -0.2) is 0 Å². The number of rotatable bonds is 2. The van der Waals surface area contributed by atoms with Crippen LogP contribution in [0.2, 0.25) is 0 Å². The summed E-state index contributed by atoms with van der Waals surface area (Å²) in [5, 5.41) is 9.83. The third kappa shape index (κ3) is 1.87. The number of hydrogen-bond acceptors (Lipinski definition) is 3. The molecule has 0 radical (unpaired) electrons. The Labute approximate surface area is 126 Å². The number of carbonyl (C=O) groups excluding carboxylic acids is 1. The first-order chi connectivity index (χ1) is 10.0. The topological polar surface area (TPSA) is 40.5 Å².